The van der Waals surface area contributed by atoms with E-state index in [2.05, 4.69) is 15.6 Å². The zero-order valence-electron chi connectivity index (χ0n) is 13.2. The molecule has 0 saturated heterocycles. The fraction of sp³-hybridized carbons (Fsp3) is 0.588. The predicted molar refractivity (Wildman–Crippen MR) is 87.5 cm³/mol. The first-order valence-electron chi connectivity index (χ1n) is 8.14. The molecule has 1 saturated carbocycles. The average molecular weight is 307 g/mol. The Morgan fingerprint density at radius 3 is 2.55 bits per heavy atom. The van der Waals surface area contributed by atoms with Crippen LogP contribution in [0.25, 0.3) is 0 Å². The van der Waals surface area contributed by atoms with E-state index in [9.17, 15) is 9.50 Å². The summed E-state index contributed by atoms with van der Waals surface area (Å²) < 4.78 is 12.9. The summed E-state index contributed by atoms with van der Waals surface area (Å²) in [6, 6.07) is 6.94. The molecule has 1 aromatic rings. The molecule has 0 heterocycles. The molecule has 1 aliphatic rings. The van der Waals surface area contributed by atoms with E-state index in [0.29, 0.717) is 12.6 Å². The Balaban J connectivity index is 1.82. The maximum Gasteiger partial charge on any atom is 0.191 e. The molecule has 1 aromatic carbocycles. The van der Waals surface area contributed by atoms with E-state index >= 15 is 0 Å². The summed E-state index contributed by atoms with van der Waals surface area (Å²) in [5.74, 6) is 0.618. The molecular weight excluding hydrogens is 281 g/mol. The van der Waals surface area contributed by atoms with Gasteiger partial charge in [-0.05, 0) is 56.7 Å². The molecule has 0 spiro atoms. The van der Waals surface area contributed by atoms with E-state index in [0.717, 1.165) is 50.2 Å². The number of halogens is 1. The fourth-order valence-corrected chi connectivity index (χ4v) is 2.68. The van der Waals surface area contributed by atoms with Crippen molar-refractivity contribution < 1.29 is 9.50 Å². The summed E-state index contributed by atoms with van der Waals surface area (Å²) in [4.78, 5) is 4.58. The topological polar surface area (TPSA) is 56.7 Å². The number of aliphatic hydroxyl groups excluding tert-OH is 1. The minimum Gasteiger partial charge on any atom is -0.393 e. The second-order valence-electron chi connectivity index (χ2n) is 5.79. The molecule has 0 unspecified atom stereocenters. The number of hydrogen-bond acceptors (Lipinski definition) is 2. The van der Waals surface area contributed by atoms with Gasteiger partial charge in [0.15, 0.2) is 5.96 Å². The van der Waals surface area contributed by atoms with Crippen LogP contribution >= 0.6 is 0 Å². The standard InChI is InChI=1S/C17H26FN3O/c1-2-19-17(21-15-7-9-16(22)10-8-15)20-12-11-13-3-5-14(18)6-4-13/h3-6,15-16,22H,2,7-12H2,1H3,(H2,19,20,21). The predicted octanol–water partition coefficient (Wildman–Crippen LogP) is 2.23. The van der Waals surface area contributed by atoms with Gasteiger partial charge >= 0.3 is 0 Å². The molecule has 0 aromatic heterocycles. The van der Waals surface area contributed by atoms with E-state index in [4.69, 9.17) is 0 Å². The normalized spacial score (nSPS) is 22.4. The van der Waals surface area contributed by atoms with Crippen LogP contribution in [0.15, 0.2) is 29.3 Å². The average Bonchev–Trinajstić information content (AvgIpc) is 2.52. The smallest absolute Gasteiger partial charge is 0.191 e. The van der Waals surface area contributed by atoms with Crippen LogP contribution in [0.4, 0.5) is 4.39 Å². The number of nitrogens with zero attached hydrogens (tertiary/aromatic N) is 1. The number of aliphatic hydroxyl groups is 1. The summed E-state index contributed by atoms with van der Waals surface area (Å²) >= 11 is 0. The Labute approximate surface area is 131 Å². The third-order valence-electron chi connectivity index (χ3n) is 3.97. The van der Waals surface area contributed by atoms with Crippen LogP contribution in [0.1, 0.15) is 38.2 Å². The second kappa shape index (κ2) is 8.73. The molecule has 122 valence electrons. The van der Waals surface area contributed by atoms with Crippen molar-refractivity contribution in [2.75, 3.05) is 13.1 Å². The minimum absolute atomic E-state index is 0.143. The van der Waals surface area contributed by atoms with E-state index in [1.54, 1.807) is 12.1 Å². The highest BCUT2D eigenvalue weighted by Crippen LogP contribution is 2.18. The van der Waals surface area contributed by atoms with Crippen LogP contribution < -0.4 is 10.6 Å². The van der Waals surface area contributed by atoms with Gasteiger partial charge in [-0.2, -0.15) is 0 Å². The van der Waals surface area contributed by atoms with Gasteiger partial charge in [-0.3, -0.25) is 4.99 Å². The number of aliphatic imine (C=N–C) groups is 1. The third-order valence-corrected chi connectivity index (χ3v) is 3.97. The quantitative estimate of drug-likeness (QED) is 0.577. The highest BCUT2D eigenvalue weighted by Gasteiger charge is 2.19. The first kappa shape index (κ1) is 16.7. The van der Waals surface area contributed by atoms with E-state index in [1.807, 2.05) is 6.92 Å². The molecule has 1 aliphatic carbocycles. The maximum atomic E-state index is 12.9. The van der Waals surface area contributed by atoms with Gasteiger partial charge < -0.3 is 15.7 Å². The highest BCUT2D eigenvalue weighted by atomic mass is 19.1. The molecule has 2 rings (SSSR count). The lowest BCUT2D eigenvalue weighted by molar-refractivity contribution is 0.120. The van der Waals surface area contributed by atoms with Crippen molar-refractivity contribution in [2.24, 2.45) is 4.99 Å². The zero-order valence-corrected chi connectivity index (χ0v) is 13.2. The number of guanidine groups is 1. The van der Waals surface area contributed by atoms with Crippen molar-refractivity contribution in [3.05, 3.63) is 35.6 Å². The van der Waals surface area contributed by atoms with E-state index in [1.165, 1.54) is 12.1 Å². The molecule has 0 atom stereocenters. The van der Waals surface area contributed by atoms with Crippen LogP contribution in [0.2, 0.25) is 0 Å². The summed E-state index contributed by atoms with van der Waals surface area (Å²) in [6.07, 6.45) is 4.31. The van der Waals surface area contributed by atoms with Gasteiger partial charge in [0, 0.05) is 19.1 Å². The van der Waals surface area contributed by atoms with Crippen molar-refractivity contribution in [2.45, 2.75) is 51.2 Å². The Morgan fingerprint density at radius 1 is 1.23 bits per heavy atom. The van der Waals surface area contributed by atoms with Gasteiger partial charge in [0.25, 0.3) is 0 Å². The third kappa shape index (κ3) is 5.64. The number of hydrogen-bond donors (Lipinski definition) is 3. The first-order chi connectivity index (χ1) is 10.7. The van der Waals surface area contributed by atoms with Crippen LogP contribution in [0.3, 0.4) is 0 Å². The van der Waals surface area contributed by atoms with E-state index in [-0.39, 0.29) is 11.9 Å². The van der Waals surface area contributed by atoms with Crippen molar-refractivity contribution >= 4 is 5.96 Å². The van der Waals surface area contributed by atoms with E-state index < -0.39 is 0 Å². The Hall–Kier alpha value is -1.62. The fourth-order valence-electron chi connectivity index (χ4n) is 2.68. The van der Waals surface area contributed by atoms with Gasteiger partial charge in [0.05, 0.1) is 6.10 Å². The summed E-state index contributed by atoms with van der Waals surface area (Å²) in [5, 5.41) is 16.2. The molecule has 5 heteroatoms. The molecule has 3 N–H and O–H groups in total. The van der Waals surface area contributed by atoms with Gasteiger partial charge in [0.1, 0.15) is 5.82 Å². The molecule has 0 radical (unpaired) electrons. The lowest BCUT2D eigenvalue weighted by Crippen LogP contribution is -2.45. The Morgan fingerprint density at radius 2 is 1.91 bits per heavy atom. The second-order valence-corrected chi connectivity index (χ2v) is 5.79. The Kier molecular flexibility index (Phi) is 6.65. The van der Waals surface area contributed by atoms with Gasteiger partial charge in [-0.1, -0.05) is 12.1 Å². The van der Waals surface area contributed by atoms with Gasteiger partial charge in [0.2, 0.25) is 0 Å². The Bertz CT molecular complexity index is 467. The molecule has 0 amide bonds. The van der Waals surface area contributed by atoms with Crippen molar-refractivity contribution in [3.63, 3.8) is 0 Å². The van der Waals surface area contributed by atoms with Crippen LogP contribution in [-0.2, 0) is 6.42 Å². The van der Waals surface area contributed by atoms with Gasteiger partial charge in [-0.15, -0.1) is 0 Å². The maximum absolute atomic E-state index is 12.9. The number of nitrogens with one attached hydrogen (secondary N) is 2. The highest BCUT2D eigenvalue weighted by molar-refractivity contribution is 5.80. The lowest BCUT2D eigenvalue weighted by Gasteiger charge is -2.27. The van der Waals surface area contributed by atoms with Gasteiger partial charge in [-0.25, -0.2) is 4.39 Å². The summed E-state index contributed by atoms with van der Waals surface area (Å²) in [5.41, 5.74) is 1.08. The molecule has 4 nitrogen and oxygen atoms in total. The number of rotatable bonds is 5. The van der Waals surface area contributed by atoms with Crippen LogP contribution in [-0.4, -0.2) is 36.3 Å². The van der Waals surface area contributed by atoms with Crippen LogP contribution in [0.5, 0.6) is 0 Å². The summed E-state index contributed by atoms with van der Waals surface area (Å²) in [7, 11) is 0. The summed E-state index contributed by atoms with van der Waals surface area (Å²) in [6.45, 7) is 3.52. The number of benzene rings is 1. The lowest BCUT2D eigenvalue weighted by atomic mass is 9.93. The van der Waals surface area contributed by atoms with Crippen molar-refractivity contribution in [1.82, 2.24) is 10.6 Å². The first-order valence-corrected chi connectivity index (χ1v) is 8.14. The minimum atomic E-state index is -0.207. The van der Waals surface area contributed by atoms with Crippen LogP contribution in [0, 0.1) is 5.82 Å². The van der Waals surface area contributed by atoms with Crippen molar-refractivity contribution in [1.29, 1.82) is 0 Å². The molecule has 0 bridgehead atoms. The molecular formula is C17H26FN3O. The molecule has 1 fully saturated rings. The molecule has 22 heavy (non-hydrogen) atoms. The van der Waals surface area contributed by atoms with Crippen molar-refractivity contribution in [3.8, 4) is 0 Å². The zero-order chi connectivity index (χ0) is 15.8. The molecule has 0 aliphatic heterocycles. The monoisotopic (exact) mass is 307 g/mol. The SMILES string of the molecule is CCNC(=NCCc1ccc(F)cc1)NC1CCC(O)CC1. The largest absolute Gasteiger partial charge is 0.393 e.